The fourth-order valence-corrected chi connectivity index (χ4v) is 1.93. The van der Waals surface area contributed by atoms with Gasteiger partial charge in [0.2, 0.25) is 0 Å². The largest absolute Gasteiger partial charge is 0.390 e. The molecule has 0 amide bonds. The lowest BCUT2D eigenvalue weighted by Crippen LogP contribution is -2.47. The Bertz CT molecular complexity index is 114. The van der Waals surface area contributed by atoms with Crippen molar-refractivity contribution in [3.63, 3.8) is 0 Å². The molecule has 0 heterocycles. The smallest absolute Gasteiger partial charge is 0.0678 e. The molecular weight excluding hydrogens is 124 g/mol. The van der Waals surface area contributed by atoms with Crippen LogP contribution in [0.5, 0.6) is 0 Å². The van der Waals surface area contributed by atoms with E-state index in [1.54, 1.807) is 0 Å². The van der Waals surface area contributed by atoms with Gasteiger partial charge in [-0.25, -0.2) is 0 Å². The quantitative estimate of drug-likeness (QED) is 0.626. The molecule has 10 heavy (non-hydrogen) atoms. The first kappa shape index (κ1) is 8.06. The van der Waals surface area contributed by atoms with E-state index in [1.807, 2.05) is 0 Å². The summed E-state index contributed by atoms with van der Waals surface area (Å²) in [5, 5.41) is 9.85. The fraction of sp³-hybridized carbons (Fsp3) is 1.00. The van der Waals surface area contributed by atoms with Gasteiger partial charge < -0.3 is 5.11 Å². The van der Waals surface area contributed by atoms with E-state index in [4.69, 9.17) is 0 Å². The van der Waals surface area contributed by atoms with Crippen LogP contribution < -0.4 is 0 Å². The Balaban J connectivity index is 2.40. The molecule has 60 valence electrons. The van der Waals surface area contributed by atoms with Crippen LogP contribution in [0.2, 0.25) is 0 Å². The molecule has 1 aliphatic carbocycles. The van der Waals surface area contributed by atoms with Crippen LogP contribution >= 0.6 is 0 Å². The summed E-state index contributed by atoms with van der Waals surface area (Å²) >= 11 is 0. The summed E-state index contributed by atoms with van der Waals surface area (Å²) < 4.78 is 0. The molecule has 1 fully saturated rings. The van der Waals surface area contributed by atoms with Gasteiger partial charge in [0.25, 0.3) is 0 Å². The van der Waals surface area contributed by atoms with Crippen LogP contribution in [0.3, 0.4) is 0 Å². The standard InChI is InChI=1S/C9H18O/c1-4-8(3)9(10)5-7(2)6-9/h7-8,10H,4-6H2,1-3H3. The van der Waals surface area contributed by atoms with Gasteiger partial charge in [-0.2, -0.15) is 0 Å². The van der Waals surface area contributed by atoms with Crippen molar-refractivity contribution in [3.05, 3.63) is 0 Å². The maximum Gasteiger partial charge on any atom is 0.0678 e. The molecule has 1 saturated carbocycles. The third kappa shape index (κ3) is 1.20. The Morgan fingerprint density at radius 3 is 2.40 bits per heavy atom. The minimum Gasteiger partial charge on any atom is -0.390 e. The highest BCUT2D eigenvalue weighted by Crippen LogP contribution is 2.43. The first-order chi connectivity index (χ1) is 4.58. The van der Waals surface area contributed by atoms with Crippen LogP contribution in [0.25, 0.3) is 0 Å². The van der Waals surface area contributed by atoms with E-state index in [2.05, 4.69) is 20.8 Å². The molecule has 1 atom stereocenters. The van der Waals surface area contributed by atoms with Crippen molar-refractivity contribution in [2.24, 2.45) is 11.8 Å². The SMILES string of the molecule is CCC(C)C1(O)CC(C)C1. The topological polar surface area (TPSA) is 20.2 Å². The third-order valence-electron chi connectivity index (χ3n) is 2.93. The average molecular weight is 142 g/mol. The van der Waals surface area contributed by atoms with Crippen LogP contribution in [-0.2, 0) is 0 Å². The van der Waals surface area contributed by atoms with Crippen LogP contribution in [0, 0.1) is 11.8 Å². The summed E-state index contributed by atoms with van der Waals surface area (Å²) in [6.07, 6.45) is 3.13. The van der Waals surface area contributed by atoms with E-state index in [0.29, 0.717) is 5.92 Å². The third-order valence-corrected chi connectivity index (χ3v) is 2.93. The maximum absolute atomic E-state index is 9.85. The number of hydrogen-bond donors (Lipinski definition) is 1. The highest BCUT2D eigenvalue weighted by Gasteiger charge is 2.43. The summed E-state index contributed by atoms with van der Waals surface area (Å²) in [5.41, 5.74) is -0.297. The molecule has 0 spiro atoms. The Morgan fingerprint density at radius 2 is 2.10 bits per heavy atom. The van der Waals surface area contributed by atoms with Gasteiger partial charge in [-0.15, -0.1) is 0 Å². The van der Waals surface area contributed by atoms with Crippen molar-refractivity contribution >= 4 is 0 Å². The van der Waals surface area contributed by atoms with Gasteiger partial charge in [0.05, 0.1) is 5.60 Å². The van der Waals surface area contributed by atoms with Crippen molar-refractivity contribution in [2.75, 3.05) is 0 Å². The van der Waals surface area contributed by atoms with E-state index in [9.17, 15) is 5.11 Å². The van der Waals surface area contributed by atoms with Gasteiger partial charge in [0, 0.05) is 0 Å². The van der Waals surface area contributed by atoms with Crippen LogP contribution in [0.15, 0.2) is 0 Å². The van der Waals surface area contributed by atoms with Gasteiger partial charge in [0.15, 0.2) is 0 Å². The van der Waals surface area contributed by atoms with Gasteiger partial charge in [-0.05, 0) is 24.7 Å². The van der Waals surface area contributed by atoms with E-state index >= 15 is 0 Å². The highest BCUT2D eigenvalue weighted by molar-refractivity contribution is 4.95. The lowest BCUT2D eigenvalue weighted by Gasteiger charge is -2.46. The molecule has 1 rings (SSSR count). The first-order valence-corrected chi connectivity index (χ1v) is 4.31. The Morgan fingerprint density at radius 1 is 1.60 bits per heavy atom. The second-order valence-corrected chi connectivity index (χ2v) is 3.93. The van der Waals surface area contributed by atoms with E-state index < -0.39 is 0 Å². The lowest BCUT2D eigenvalue weighted by atomic mass is 9.65. The van der Waals surface area contributed by atoms with Crippen LogP contribution in [0.1, 0.15) is 40.0 Å². The average Bonchev–Trinajstić information content (AvgIpc) is 1.83. The molecule has 1 N–H and O–H groups in total. The summed E-state index contributed by atoms with van der Waals surface area (Å²) in [4.78, 5) is 0. The van der Waals surface area contributed by atoms with Gasteiger partial charge in [0.1, 0.15) is 0 Å². The summed E-state index contributed by atoms with van der Waals surface area (Å²) in [7, 11) is 0. The van der Waals surface area contributed by atoms with Crippen molar-refractivity contribution < 1.29 is 5.11 Å². The number of rotatable bonds is 2. The predicted molar refractivity (Wildman–Crippen MR) is 42.8 cm³/mol. The minimum atomic E-state index is -0.297. The lowest BCUT2D eigenvalue weighted by molar-refractivity contribution is -0.108. The van der Waals surface area contributed by atoms with E-state index in [0.717, 1.165) is 25.2 Å². The molecule has 0 aromatic heterocycles. The maximum atomic E-state index is 9.85. The fourth-order valence-electron chi connectivity index (χ4n) is 1.93. The second kappa shape index (κ2) is 2.54. The molecule has 1 nitrogen and oxygen atoms in total. The molecule has 0 aromatic rings. The van der Waals surface area contributed by atoms with E-state index in [-0.39, 0.29) is 5.60 Å². The predicted octanol–water partition coefficient (Wildman–Crippen LogP) is 2.19. The Kier molecular flexibility index (Phi) is 2.04. The summed E-state index contributed by atoms with van der Waals surface area (Å²) in [6.45, 7) is 6.49. The Hall–Kier alpha value is -0.0400. The monoisotopic (exact) mass is 142 g/mol. The molecular formula is C9H18O. The van der Waals surface area contributed by atoms with Crippen molar-refractivity contribution in [3.8, 4) is 0 Å². The molecule has 1 heteroatoms. The highest BCUT2D eigenvalue weighted by atomic mass is 16.3. The van der Waals surface area contributed by atoms with Gasteiger partial charge in [-0.1, -0.05) is 27.2 Å². The molecule has 0 aromatic carbocycles. The molecule has 1 unspecified atom stereocenters. The normalized spacial score (nSPS) is 42.6. The second-order valence-electron chi connectivity index (χ2n) is 3.93. The zero-order chi connectivity index (χ0) is 7.78. The van der Waals surface area contributed by atoms with Crippen LogP contribution in [-0.4, -0.2) is 10.7 Å². The molecule has 0 radical (unpaired) electrons. The molecule has 0 saturated heterocycles. The van der Waals surface area contributed by atoms with Crippen molar-refractivity contribution in [2.45, 2.75) is 45.6 Å². The minimum absolute atomic E-state index is 0.297. The van der Waals surface area contributed by atoms with Crippen molar-refractivity contribution in [1.29, 1.82) is 0 Å². The zero-order valence-electron chi connectivity index (χ0n) is 7.22. The molecule has 1 aliphatic rings. The van der Waals surface area contributed by atoms with Crippen LogP contribution in [0.4, 0.5) is 0 Å². The number of hydrogen-bond acceptors (Lipinski definition) is 1. The number of aliphatic hydroxyl groups is 1. The summed E-state index contributed by atoms with van der Waals surface area (Å²) in [5.74, 6) is 1.24. The van der Waals surface area contributed by atoms with Crippen molar-refractivity contribution in [1.82, 2.24) is 0 Å². The summed E-state index contributed by atoms with van der Waals surface area (Å²) in [6, 6.07) is 0. The van der Waals surface area contributed by atoms with E-state index in [1.165, 1.54) is 0 Å². The first-order valence-electron chi connectivity index (χ1n) is 4.31. The van der Waals surface area contributed by atoms with Gasteiger partial charge in [-0.3, -0.25) is 0 Å². The molecule has 0 bridgehead atoms. The Labute approximate surface area is 63.4 Å². The zero-order valence-corrected chi connectivity index (χ0v) is 7.22. The van der Waals surface area contributed by atoms with Gasteiger partial charge >= 0.3 is 0 Å². The molecule has 0 aliphatic heterocycles.